The van der Waals surface area contributed by atoms with E-state index in [1.54, 1.807) is 0 Å². The average molecular weight is 292 g/mol. The molecule has 1 aliphatic heterocycles. The Labute approximate surface area is 121 Å². The third-order valence-electron chi connectivity index (χ3n) is 3.92. The van der Waals surface area contributed by atoms with Crippen LogP contribution in [-0.2, 0) is 6.54 Å². The number of carboxylic acid groups (broad SMARTS) is 1. The maximum atomic E-state index is 13.4. The van der Waals surface area contributed by atoms with Gasteiger partial charge in [0.1, 0.15) is 11.4 Å². The molecular formula is C15H17FN2O3. The summed E-state index contributed by atoms with van der Waals surface area (Å²) in [4.78, 5) is 15.7. The largest absolute Gasteiger partial charge is 0.475 e. The second-order valence-electron chi connectivity index (χ2n) is 5.43. The number of aromatic carboxylic acids is 1. The van der Waals surface area contributed by atoms with Gasteiger partial charge < -0.3 is 14.4 Å². The number of benzene rings is 1. The van der Waals surface area contributed by atoms with Crippen molar-refractivity contribution in [1.82, 2.24) is 9.80 Å². The van der Waals surface area contributed by atoms with Gasteiger partial charge in [0.05, 0.1) is 0 Å². The van der Waals surface area contributed by atoms with Gasteiger partial charge in [0, 0.05) is 43.7 Å². The van der Waals surface area contributed by atoms with Gasteiger partial charge in [-0.3, -0.25) is 4.90 Å². The third-order valence-corrected chi connectivity index (χ3v) is 3.92. The van der Waals surface area contributed by atoms with Crippen LogP contribution in [0.1, 0.15) is 16.1 Å². The van der Waals surface area contributed by atoms with Crippen molar-refractivity contribution < 1.29 is 18.7 Å². The molecule has 0 aliphatic carbocycles. The number of furan rings is 1. The Morgan fingerprint density at radius 1 is 1.33 bits per heavy atom. The van der Waals surface area contributed by atoms with Crippen molar-refractivity contribution in [3.8, 4) is 0 Å². The summed E-state index contributed by atoms with van der Waals surface area (Å²) in [7, 11) is 2.06. The van der Waals surface area contributed by atoms with Crippen molar-refractivity contribution in [3.05, 3.63) is 35.3 Å². The van der Waals surface area contributed by atoms with E-state index in [0.717, 1.165) is 26.2 Å². The third kappa shape index (κ3) is 2.77. The first-order valence-corrected chi connectivity index (χ1v) is 6.89. The number of nitrogens with zero attached hydrogens (tertiary/aromatic N) is 2. The lowest BCUT2D eigenvalue weighted by molar-refractivity contribution is 0.0660. The van der Waals surface area contributed by atoms with Gasteiger partial charge in [0.25, 0.3) is 0 Å². The normalized spacial score (nSPS) is 17.4. The predicted octanol–water partition coefficient (Wildman–Crippen LogP) is 2.02. The van der Waals surface area contributed by atoms with Gasteiger partial charge in [-0.2, -0.15) is 0 Å². The summed E-state index contributed by atoms with van der Waals surface area (Å²) in [6.07, 6.45) is 0. The van der Waals surface area contributed by atoms with Crippen LogP contribution >= 0.6 is 0 Å². The van der Waals surface area contributed by atoms with E-state index in [9.17, 15) is 14.3 Å². The number of rotatable bonds is 3. The molecule has 0 radical (unpaired) electrons. The molecule has 5 nitrogen and oxygen atoms in total. The van der Waals surface area contributed by atoms with E-state index in [0.29, 0.717) is 23.1 Å². The van der Waals surface area contributed by atoms with Crippen molar-refractivity contribution in [1.29, 1.82) is 0 Å². The molecule has 1 aromatic carbocycles. The van der Waals surface area contributed by atoms with E-state index in [-0.39, 0.29) is 11.6 Å². The van der Waals surface area contributed by atoms with Gasteiger partial charge in [-0.25, -0.2) is 9.18 Å². The van der Waals surface area contributed by atoms with E-state index < -0.39 is 5.97 Å². The molecule has 112 valence electrons. The highest BCUT2D eigenvalue weighted by Crippen LogP contribution is 2.28. The molecule has 0 bridgehead atoms. The monoisotopic (exact) mass is 292 g/mol. The Kier molecular flexibility index (Phi) is 3.65. The first-order chi connectivity index (χ1) is 10.0. The number of hydrogen-bond donors (Lipinski definition) is 1. The Morgan fingerprint density at radius 3 is 2.71 bits per heavy atom. The standard InChI is InChI=1S/C15H17FN2O3/c1-17-4-6-18(7-5-17)9-12-11-8-10(16)2-3-13(11)21-14(12)15(19)20/h2-3,8H,4-7,9H2,1H3,(H,19,20). The number of hydrogen-bond acceptors (Lipinski definition) is 4. The lowest BCUT2D eigenvalue weighted by Gasteiger charge is -2.32. The van der Waals surface area contributed by atoms with Gasteiger partial charge >= 0.3 is 5.97 Å². The zero-order valence-corrected chi connectivity index (χ0v) is 11.8. The molecule has 1 aromatic heterocycles. The van der Waals surface area contributed by atoms with Crippen molar-refractivity contribution >= 4 is 16.9 Å². The molecule has 0 amide bonds. The summed E-state index contributed by atoms with van der Waals surface area (Å²) in [5.74, 6) is -1.59. The van der Waals surface area contributed by atoms with Crippen LogP contribution in [0.2, 0.25) is 0 Å². The molecule has 6 heteroatoms. The number of halogens is 1. The summed E-state index contributed by atoms with van der Waals surface area (Å²) in [6.45, 7) is 4.06. The number of likely N-dealkylation sites (N-methyl/N-ethyl adjacent to an activating group) is 1. The molecule has 0 spiro atoms. The quantitative estimate of drug-likeness (QED) is 0.938. The van der Waals surface area contributed by atoms with Crippen LogP contribution in [0.25, 0.3) is 11.0 Å². The van der Waals surface area contributed by atoms with Gasteiger partial charge in [-0.1, -0.05) is 0 Å². The second-order valence-corrected chi connectivity index (χ2v) is 5.43. The molecule has 0 atom stereocenters. The van der Waals surface area contributed by atoms with Crippen LogP contribution in [0.3, 0.4) is 0 Å². The maximum absolute atomic E-state index is 13.4. The van der Waals surface area contributed by atoms with Crippen LogP contribution in [0.4, 0.5) is 4.39 Å². The number of fused-ring (bicyclic) bond motifs is 1. The molecule has 1 fully saturated rings. The fourth-order valence-electron chi connectivity index (χ4n) is 2.68. The summed E-state index contributed by atoms with van der Waals surface area (Å²) in [6, 6.07) is 4.10. The highest BCUT2D eigenvalue weighted by Gasteiger charge is 2.23. The van der Waals surface area contributed by atoms with E-state index >= 15 is 0 Å². The molecule has 1 N–H and O–H groups in total. The molecule has 3 rings (SSSR count). The fourth-order valence-corrected chi connectivity index (χ4v) is 2.68. The first-order valence-electron chi connectivity index (χ1n) is 6.89. The first kappa shape index (κ1) is 14.0. The average Bonchev–Trinajstić information content (AvgIpc) is 2.80. The Bertz CT molecular complexity index is 675. The predicted molar refractivity (Wildman–Crippen MR) is 75.9 cm³/mol. The second kappa shape index (κ2) is 5.46. The Hall–Kier alpha value is -1.92. The summed E-state index contributed by atoms with van der Waals surface area (Å²) in [5, 5.41) is 9.84. The molecule has 1 aliphatic rings. The molecular weight excluding hydrogens is 275 g/mol. The minimum atomic E-state index is -1.12. The Balaban J connectivity index is 1.97. The van der Waals surface area contributed by atoms with E-state index in [1.807, 2.05) is 0 Å². The highest BCUT2D eigenvalue weighted by atomic mass is 19.1. The maximum Gasteiger partial charge on any atom is 0.372 e. The number of piperazine rings is 1. The highest BCUT2D eigenvalue weighted by molar-refractivity contribution is 5.95. The molecule has 2 heterocycles. The fraction of sp³-hybridized carbons (Fsp3) is 0.400. The number of carboxylic acids is 1. The SMILES string of the molecule is CN1CCN(Cc2c(C(=O)O)oc3ccc(F)cc23)CC1. The van der Waals surface area contributed by atoms with Crippen LogP contribution in [0.5, 0.6) is 0 Å². The lowest BCUT2D eigenvalue weighted by Crippen LogP contribution is -2.44. The van der Waals surface area contributed by atoms with Crippen LogP contribution < -0.4 is 0 Å². The van der Waals surface area contributed by atoms with E-state index in [2.05, 4.69) is 16.8 Å². The van der Waals surface area contributed by atoms with Gasteiger partial charge in [-0.15, -0.1) is 0 Å². The van der Waals surface area contributed by atoms with Crippen molar-refractivity contribution in [2.24, 2.45) is 0 Å². The minimum Gasteiger partial charge on any atom is -0.475 e. The zero-order valence-electron chi connectivity index (χ0n) is 11.8. The molecule has 0 unspecified atom stereocenters. The van der Waals surface area contributed by atoms with Crippen LogP contribution in [0, 0.1) is 5.82 Å². The smallest absolute Gasteiger partial charge is 0.372 e. The molecule has 21 heavy (non-hydrogen) atoms. The van der Waals surface area contributed by atoms with Crippen molar-refractivity contribution in [3.63, 3.8) is 0 Å². The molecule has 2 aromatic rings. The zero-order chi connectivity index (χ0) is 15.0. The van der Waals surface area contributed by atoms with Gasteiger partial charge in [0.2, 0.25) is 5.76 Å². The van der Waals surface area contributed by atoms with E-state index in [1.165, 1.54) is 18.2 Å². The minimum absolute atomic E-state index is 0.0884. The van der Waals surface area contributed by atoms with Crippen LogP contribution in [0.15, 0.2) is 22.6 Å². The Morgan fingerprint density at radius 2 is 2.05 bits per heavy atom. The summed E-state index contributed by atoms with van der Waals surface area (Å²) >= 11 is 0. The summed E-state index contributed by atoms with van der Waals surface area (Å²) in [5.41, 5.74) is 0.972. The topological polar surface area (TPSA) is 56.9 Å². The summed E-state index contributed by atoms with van der Waals surface area (Å²) < 4.78 is 18.8. The van der Waals surface area contributed by atoms with Gasteiger partial charge in [-0.05, 0) is 25.2 Å². The van der Waals surface area contributed by atoms with Crippen molar-refractivity contribution in [2.75, 3.05) is 33.2 Å². The van der Waals surface area contributed by atoms with Crippen molar-refractivity contribution in [2.45, 2.75) is 6.54 Å². The lowest BCUT2D eigenvalue weighted by atomic mass is 10.1. The number of carbonyl (C=O) groups is 1. The van der Waals surface area contributed by atoms with E-state index in [4.69, 9.17) is 4.42 Å². The van der Waals surface area contributed by atoms with Gasteiger partial charge in [0.15, 0.2) is 0 Å². The molecule has 1 saturated heterocycles. The molecule has 0 saturated carbocycles. The van der Waals surface area contributed by atoms with Crippen LogP contribution in [-0.4, -0.2) is 54.1 Å².